The van der Waals surface area contributed by atoms with Crippen molar-refractivity contribution < 1.29 is 4.74 Å². The summed E-state index contributed by atoms with van der Waals surface area (Å²) in [5.74, 6) is 2.90. The second-order valence-electron chi connectivity index (χ2n) is 10.4. The highest BCUT2D eigenvalue weighted by Gasteiger charge is 2.70. The number of epoxide rings is 1. The van der Waals surface area contributed by atoms with Crippen molar-refractivity contribution in [2.75, 3.05) is 6.61 Å². The van der Waals surface area contributed by atoms with Crippen molar-refractivity contribution in [3.63, 3.8) is 0 Å². The molecule has 2 spiro atoms. The van der Waals surface area contributed by atoms with Crippen molar-refractivity contribution >= 4 is 0 Å². The molecule has 1 aliphatic heterocycles. The minimum absolute atomic E-state index is 0.377. The molecule has 1 saturated heterocycles. The van der Waals surface area contributed by atoms with Gasteiger partial charge in [-0.15, -0.1) is 0 Å². The third kappa shape index (κ3) is 1.53. The Kier molecular flexibility index (Phi) is 2.37. The van der Waals surface area contributed by atoms with Crippen LogP contribution in [0.2, 0.25) is 0 Å². The van der Waals surface area contributed by atoms with Crippen molar-refractivity contribution in [2.24, 2.45) is 34.0 Å². The summed E-state index contributed by atoms with van der Waals surface area (Å²) in [7, 11) is 0. The van der Waals surface area contributed by atoms with E-state index < -0.39 is 0 Å². The Morgan fingerprint density at radius 2 is 1.71 bits per heavy atom. The molecule has 21 heavy (non-hydrogen) atoms. The molecule has 0 radical (unpaired) electrons. The van der Waals surface area contributed by atoms with Gasteiger partial charge in [-0.05, 0) is 85.4 Å². The summed E-state index contributed by atoms with van der Waals surface area (Å²) in [5.41, 5.74) is 2.27. The maximum Gasteiger partial charge on any atom is 0.0950 e. The van der Waals surface area contributed by atoms with Crippen molar-refractivity contribution in [2.45, 2.75) is 84.2 Å². The number of rotatable bonds is 0. The zero-order valence-corrected chi connectivity index (χ0v) is 14.2. The van der Waals surface area contributed by atoms with Gasteiger partial charge in [0.15, 0.2) is 0 Å². The Hall–Kier alpha value is -0.0400. The summed E-state index contributed by atoms with van der Waals surface area (Å²) in [5, 5.41) is 0. The van der Waals surface area contributed by atoms with Gasteiger partial charge in [0.25, 0.3) is 0 Å². The third-order valence-electron chi connectivity index (χ3n) is 9.11. The second-order valence-corrected chi connectivity index (χ2v) is 10.4. The highest BCUT2D eigenvalue weighted by atomic mass is 16.6. The van der Waals surface area contributed by atoms with Gasteiger partial charge >= 0.3 is 0 Å². The topological polar surface area (TPSA) is 12.5 Å². The fourth-order valence-electron chi connectivity index (χ4n) is 8.35. The molecule has 0 aromatic rings. The highest BCUT2D eigenvalue weighted by Crippen LogP contribution is 2.74. The molecular weight excluding hydrogens is 256 g/mol. The predicted molar refractivity (Wildman–Crippen MR) is 85.0 cm³/mol. The van der Waals surface area contributed by atoms with Crippen LogP contribution < -0.4 is 0 Å². The maximum atomic E-state index is 6.02. The average molecular weight is 288 g/mol. The molecule has 6 atom stereocenters. The molecule has 0 aromatic carbocycles. The van der Waals surface area contributed by atoms with Crippen LogP contribution in [0.1, 0.15) is 78.6 Å². The van der Waals surface area contributed by atoms with Gasteiger partial charge in [-0.1, -0.05) is 27.2 Å². The van der Waals surface area contributed by atoms with Crippen LogP contribution >= 0.6 is 0 Å². The van der Waals surface area contributed by atoms with Gasteiger partial charge in [0, 0.05) is 0 Å². The minimum Gasteiger partial charge on any atom is -0.369 e. The molecule has 1 nitrogen and oxygen atoms in total. The third-order valence-corrected chi connectivity index (χ3v) is 9.11. The van der Waals surface area contributed by atoms with E-state index >= 15 is 0 Å². The lowest BCUT2D eigenvalue weighted by Crippen LogP contribution is -2.55. The molecule has 5 aliphatic rings. The Morgan fingerprint density at radius 1 is 0.905 bits per heavy atom. The number of hydrogen-bond donors (Lipinski definition) is 0. The van der Waals surface area contributed by atoms with Crippen LogP contribution in [0.4, 0.5) is 0 Å². The van der Waals surface area contributed by atoms with Gasteiger partial charge in [0.2, 0.25) is 0 Å². The first-order valence-corrected chi connectivity index (χ1v) is 9.54. The van der Waals surface area contributed by atoms with Crippen LogP contribution in [-0.4, -0.2) is 12.2 Å². The van der Waals surface area contributed by atoms with Gasteiger partial charge in [-0.3, -0.25) is 0 Å². The monoisotopic (exact) mass is 288 g/mol. The van der Waals surface area contributed by atoms with Crippen molar-refractivity contribution in [3.05, 3.63) is 0 Å². The van der Waals surface area contributed by atoms with Crippen LogP contribution in [0.5, 0.6) is 0 Å². The van der Waals surface area contributed by atoms with E-state index in [-0.39, 0.29) is 0 Å². The van der Waals surface area contributed by atoms with E-state index in [4.69, 9.17) is 4.74 Å². The summed E-state index contributed by atoms with van der Waals surface area (Å²) in [6.07, 6.45) is 13.4. The molecule has 0 N–H and O–H groups in total. The Morgan fingerprint density at radius 3 is 2.48 bits per heavy atom. The van der Waals surface area contributed by atoms with Gasteiger partial charge in [-0.2, -0.15) is 0 Å². The van der Waals surface area contributed by atoms with Crippen LogP contribution in [0.3, 0.4) is 0 Å². The van der Waals surface area contributed by atoms with E-state index in [2.05, 4.69) is 20.8 Å². The van der Waals surface area contributed by atoms with Crippen molar-refractivity contribution in [3.8, 4) is 0 Å². The van der Waals surface area contributed by atoms with E-state index in [0.717, 1.165) is 24.4 Å². The average Bonchev–Trinajstić information content (AvgIpc) is 3.13. The summed E-state index contributed by atoms with van der Waals surface area (Å²) in [6, 6.07) is 0. The zero-order chi connectivity index (χ0) is 14.5. The highest BCUT2D eigenvalue weighted by molar-refractivity contribution is 5.19. The molecule has 5 fully saturated rings. The lowest BCUT2D eigenvalue weighted by molar-refractivity contribution is -0.144. The number of ether oxygens (including phenoxy) is 1. The van der Waals surface area contributed by atoms with Gasteiger partial charge in [0.05, 0.1) is 12.2 Å². The normalized spacial score (nSPS) is 60.4. The second kappa shape index (κ2) is 3.71. The zero-order valence-electron chi connectivity index (χ0n) is 14.2. The number of fused-ring (bicyclic) bond motifs is 4. The van der Waals surface area contributed by atoms with E-state index in [0.29, 0.717) is 21.8 Å². The molecule has 4 saturated carbocycles. The molecule has 0 aromatic heterocycles. The molecular formula is C20H32O. The van der Waals surface area contributed by atoms with Crippen LogP contribution in [0.15, 0.2) is 0 Å². The van der Waals surface area contributed by atoms with E-state index in [9.17, 15) is 0 Å². The lowest BCUT2D eigenvalue weighted by atomic mass is 9.41. The molecule has 118 valence electrons. The molecule has 5 rings (SSSR count). The SMILES string of the molecule is CC1(C)CCCC2(C)C1CCC13CC(CCC12)C1(CO1)C3. The van der Waals surface area contributed by atoms with Crippen LogP contribution in [0, 0.1) is 34.0 Å². The Labute approximate surface area is 130 Å². The first-order valence-electron chi connectivity index (χ1n) is 9.54. The fourth-order valence-corrected chi connectivity index (χ4v) is 8.35. The van der Waals surface area contributed by atoms with Crippen molar-refractivity contribution in [1.82, 2.24) is 0 Å². The summed E-state index contributed by atoms with van der Waals surface area (Å²) in [4.78, 5) is 0. The molecule has 4 aliphatic carbocycles. The fraction of sp³-hybridized carbons (Fsp3) is 1.00. The standard InChI is InChI=1S/C20H32O/c1-17(2)8-4-9-18(3)15(17)7-10-19-11-14(5-6-16(18)19)20(12-19)13-21-20/h14-16H,4-13H2,1-3H3. The lowest BCUT2D eigenvalue weighted by Gasteiger charge is -2.64. The Bertz CT molecular complexity index is 476. The van der Waals surface area contributed by atoms with Crippen LogP contribution in [0.25, 0.3) is 0 Å². The molecule has 6 unspecified atom stereocenters. The number of hydrogen-bond acceptors (Lipinski definition) is 1. The van der Waals surface area contributed by atoms with E-state index in [1.54, 1.807) is 0 Å². The smallest absolute Gasteiger partial charge is 0.0950 e. The van der Waals surface area contributed by atoms with Gasteiger partial charge in [0.1, 0.15) is 0 Å². The first-order chi connectivity index (χ1) is 9.90. The molecule has 1 heteroatoms. The van der Waals surface area contributed by atoms with E-state index in [1.807, 2.05) is 0 Å². The quantitative estimate of drug-likeness (QED) is 0.559. The van der Waals surface area contributed by atoms with Gasteiger partial charge in [-0.25, -0.2) is 0 Å². The molecule has 2 bridgehead atoms. The van der Waals surface area contributed by atoms with Gasteiger partial charge < -0.3 is 4.74 Å². The minimum atomic E-state index is 0.377. The van der Waals surface area contributed by atoms with E-state index in [1.165, 1.54) is 57.8 Å². The summed E-state index contributed by atoms with van der Waals surface area (Å²) in [6.45, 7) is 8.93. The maximum absolute atomic E-state index is 6.02. The Balaban J connectivity index is 1.55. The first kappa shape index (κ1) is 13.4. The predicted octanol–water partition coefficient (Wildman–Crippen LogP) is 5.19. The van der Waals surface area contributed by atoms with Crippen LogP contribution in [-0.2, 0) is 4.74 Å². The molecule has 1 heterocycles. The largest absolute Gasteiger partial charge is 0.369 e. The summed E-state index contributed by atoms with van der Waals surface area (Å²) >= 11 is 0. The molecule has 0 amide bonds. The summed E-state index contributed by atoms with van der Waals surface area (Å²) < 4.78 is 6.02. The van der Waals surface area contributed by atoms with Crippen molar-refractivity contribution in [1.29, 1.82) is 0 Å².